The van der Waals surface area contributed by atoms with E-state index in [2.05, 4.69) is 15.6 Å². The smallest absolute Gasteiger partial charge is 0.335 e. The van der Waals surface area contributed by atoms with Crippen molar-refractivity contribution in [2.24, 2.45) is 0 Å². The van der Waals surface area contributed by atoms with E-state index in [9.17, 15) is 24.0 Å². The predicted octanol–water partition coefficient (Wildman–Crippen LogP) is 2.72. The number of aromatic nitrogens is 3. The molecule has 3 atom stereocenters. The highest BCUT2D eigenvalue weighted by molar-refractivity contribution is 6.05. The van der Waals surface area contributed by atoms with E-state index in [-0.39, 0.29) is 30.1 Å². The lowest BCUT2D eigenvalue weighted by Crippen LogP contribution is -2.39. The summed E-state index contributed by atoms with van der Waals surface area (Å²) < 4.78 is 34.7. The highest BCUT2D eigenvalue weighted by Crippen LogP contribution is 2.33. The van der Waals surface area contributed by atoms with E-state index in [0.717, 1.165) is 6.07 Å². The molecular weight excluding hydrogens is 725 g/mol. The van der Waals surface area contributed by atoms with Crippen molar-refractivity contribution >= 4 is 40.4 Å². The van der Waals surface area contributed by atoms with Crippen LogP contribution < -0.4 is 25.7 Å². The van der Waals surface area contributed by atoms with Crippen LogP contribution in [0, 0.1) is 12.7 Å². The van der Waals surface area contributed by atoms with Crippen molar-refractivity contribution in [1.82, 2.24) is 19.7 Å². The fourth-order valence-electron chi connectivity index (χ4n) is 5.21. The Labute approximate surface area is 312 Å². The Bertz CT molecular complexity index is 2220. The number of carboxylic acid groups (broad SMARTS) is 2. The summed E-state index contributed by atoms with van der Waals surface area (Å²) in [4.78, 5) is 63.0. The van der Waals surface area contributed by atoms with Gasteiger partial charge in [0.15, 0.2) is 23.8 Å². The molecule has 17 nitrogen and oxygen atoms in total. The van der Waals surface area contributed by atoms with Crippen molar-refractivity contribution in [1.29, 1.82) is 0 Å². The maximum absolute atomic E-state index is 15.2. The molecule has 0 aliphatic carbocycles. The van der Waals surface area contributed by atoms with E-state index in [0.29, 0.717) is 33.8 Å². The molecule has 18 heteroatoms. The second-order valence-corrected chi connectivity index (χ2v) is 11.8. The van der Waals surface area contributed by atoms with Crippen LogP contribution in [0.4, 0.5) is 10.1 Å². The van der Waals surface area contributed by atoms with Crippen LogP contribution in [0.5, 0.6) is 17.2 Å². The zero-order valence-electron chi connectivity index (χ0n) is 29.9. The van der Waals surface area contributed by atoms with Gasteiger partial charge in [-0.05, 0) is 63.4 Å². The molecule has 0 saturated heterocycles. The number of aliphatic carboxylic acids is 2. The molecule has 6 N–H and O–H groups in total. The molecule has 0 spiro atoms. The van der Waals surface area contributed by atoms with Gasteiger partial charge in [0.25, 0.3) is 11.5 Å². The van der Waals surface area contributed by atoms with Crippen molar-refractivity contribution in [3.8, 4) is 22.9 Å². The van der Waals surface area contributed by atoms with Crippen LogP contribution >= 0.6 is 0 Å². The molecule has 0 aliphatic rings. The number of methoxy groups -OCH3 is 1. The number of hydrogen-bond acceptors (Lipinski definition) is 12. The average molecular weight is 764 g/mol. The Hall–Kier alpha value is -6.63. The molecule has 0 aliphatic heterocycles. The van der Waals surface area contributed by atoms with E-state index >= 15 is 4.39 Å². The Morgan fingerprint density at radius 1 is 0.927 bits per heavy atom. The van der Waals surface area contributed by atoms with E-state index in [1.54, 1.807) is 93.5 Å². The average Bonchev–Trinajstić information content (AvgIpc) is 3.40. The van der Waals surface area contributed by atoms with Crippen LogP contribution in [0.2, 0.25) is 0 Å². The number of nitrogens with zero attached hydrogens (tertiary/aromatic N) is 3. The number of fused-ring (bicyclic) bond motifs is 1. The van der Waals surface area contributed by atoms with Crippen LogP contribution in [0.15, 0.2) is 83.8 Å². The number of aliphatic hydroxyl groups excluding tert-OH is 2. The van der Waals surface area contributed by atoms with Crippen molar-refractivity contribution < 1.29 is 58.2 Å². The molecule has 0 bridgehead atoms. The molecule has 3 aromatic carbocycles. The van der Waals surface area contributed by atoms with Crippen LogP contribution in [0.1, 0.15) is 23.0 Å². The monoisotopic (exact) mass is 763 g/mol. The number of anilines is 1. The summed E-state index contributed by atoms with van der Waals surface area (Å²) in [5.41, 5.74) is 0.901. The van der Waals surface area contributed by atoms with Gasteiger partial charge < -0.3 is 45.3 Å². The minimum absolute atomic E-state index is 0.0307. The first-order valence-corrected chi connectivity index (χ1v) is 16.4. The van der Waals surface area contributed by atoms with Crippen LogP contribution in [-0.4, -0.2) is 97.6 Å². The molecule has 2 heterocycles. The molecule has 1 amide bonds. The van der Waals surface area contributed by atoms with Gasteiger partial charge >= 0.3 is 17.9 Å². The van der Waals surface area contributed by atoms with E-state index in [1.165, 1.54) is 16.8 Å². The number of carboxylic acids is 2. The number of pyridine rings is 1. The van der Waals surface area contributed by atoms with Gasteiger partial charge in [-0.1, -0.05) is 18.2 Å². The number of esters is 1. The number of amides is 1. The summed E-state index contributed by atoms with van der Waals surface area (Å²) in [6.07, 6.45) is -3.59. The zero-order chi connectivity index (χ0) is 40.4. The number of ether oxygens (including phenoxy) is 3. The molecule has 0 fully saturated rings. The highest BCUT2D eigenvalue weighted by atomic mass is 19.1. The molecule has 290 valence electrons. The number of halogens is 1. The fraction of sp³-hybridized carbons (Fsp3) is 0.243. The first kappa shape index (κ1) is 41.1. The summed E-state index contributed by atoms with van der Waals surface area (Å²) in [7, 11) is 3.19. The molecule has 0 unspecified atom stereocenters. The summed E-state index contributed by atoms with van der Waals surface area (Å²) in [6, 6.07) is 19.7. The third-order valence-electron chi connectivity index (χ3n) is 7.83. The number of aliphatic hydroxyl groups is 2. The standard InChI is InChI=1S/C33H32FN5O6.C4H6O6/c1-20(44-30(40)18-35-3)19-38-21(2)31(33(42)39(38)23-8-6-5-7-9-23)32(41)37-22-10-13-29(26(34)16-22)45-28-14-15-36-27-17-24(43-4)11-12-25(27)28;5-1(3(7)8)2(6)4(9)10/h5-17,20,35H,18-19H2,1-4H3,(H,37,41);1-2,5-6H,(H,7,8)(H,9,10)/t20-;1-,2-/m11/s1. The predicted molar refractivity (Wildman–Crippen MR) is 194 cm³/mol. The van der Waals surface area contributed by atoms with Crippen molar-refractivity contribution in [2.45, 2.75) is 38.7 Å². The first-order chi connectivity index (χ1) is 26.2. The zero-order valence-corrected chi connectivity index (χ0v) is 29.9. The minimum Gasteiger partial charge on any atom is -0.497 e. The topological polar surface area (TPSA) is 241 Å². The van der Waals surface area contributed by atoms with Gasteiger partial charge in [-0.25, -0.2) is 18.7 Å². The second-order valence-electron chi connectivity index (χ2n) is 11.8. The van der Waals surface area contributed by atoms with E-state index in [1.807, 2.05) is 0 Å². The molecule has 0 radical (unpaired) electrons. The van der Waals surface area contributed by atoms with Gasteiger partial charge in [0.05, 0.1) is 37.1 Å². The Morgan fingerprint density at radius 2 is 1.60 bits per heavy atom. The lowest BCUT2D eigenvalue weighted by molar-refractivity contribution is -0.165. The van der Waals surface area contributed by atoms with Gasteiger partial charge in [-0.15, -0.1) is 0 Å². The SMILES string of the molecule is CNCC(=O)O[C@H](C)Cn1c(C)c(C(=O)Nc2ccc(Oc3ccnc4cc(OC)ccc34)c(F)c2)c(=O)n1-c1ccccc1.O=C(O)[C@H](O)[C@@H](O)C(=O)O. The summed E-state index contributed by atoms with van der Waals surface area (Å²) in [5.74, 6) is -4.48. The first-order valence-electron chi connectivity index (χ1n) is 16.4. The number of benzene rings is 3. The lowest BCUT2D eigenvalue weighted by Gasteiger charge is -2.18. The Kier molecular flexibility index (Phi) is 13.8. The maximum atomic E-state index is 15.2. The Morgan fingerprint density at radius 3 is 2.20 bits per heavy atom. The second kappa shape index (κ2) is 18.4. The molecule has 2 aromatic heterocycles. The van der Waals surface area contributed by atoms with Gasteiger partial charge in [0, 0.05) is 29.4 Å². The third-order valence-corrected chi connectivity index (χ3v) is 7.83. The molecule has 0 saturated carbocycles. The van der Waals surface area contributed by atoms with Gasteiger partial charge in [-0.3, -0.25) is 24.0 Å². The van der Waals surface area contributed by atoms with Crippen molar-refractivity contribution in [3.63, 3.8) is 0 Å². The van der Waals surface area contributed by atoms with Crippen molar-refractivity contribution in [3.05, 3.63) is 106 Å². The third kappa shape index (κ3) is 10.1. The van der Waals surface area contributed by atoms with Crippen molar-refractivity contribution in [2.75, 3.05) is 26.0 Å². The number of carbonyl (C=O) groups excluding carboxylic acids is 2. The van der Waals surface area contributed by atoms with Crippen LogP contribution in [-0.2, 0) is 25.7 Å². The maximum Gasteiger partial charge on any atom is 0.335 e. The molecule has 55 heavy (non-hydrogen) atoms. The van der Waals surface area contributed by atoms with E-state index in [4.69, 9.17) is 34.6 Å². The quantitative estimate of drug-likeness (QED) is 0.0892. The lowest BCUT2D eigenvalue weighted by atomic mass is 10.2. The van der Waals surface area contributed by atoms with Gasteiger partial charge in [0.1, 0.15) is 23.2 Å². The molecule has 5 aromatic rings. The number of para-hydroxylation sites is 1. The number of nitrogens with one attached hydrogen (secondary N) is 2. The van der Waals surface area contributed by atoms with Crippen LogP contribution in [0.3, 0.4) is 0 Å². The molecular formula is C37H38FN5O12. The summed E-state index contributed by atoms with van der Waals surface area (Å²) >= 11 is 0. The van der Waals surface area contributed by atoms with Crippen LogP contribution in [0.25, 0.3) is 16.6 Å². The van der Waals surface area contributed by atoms with E-state index < -0.39 is 53.5 Å². The number of carbonyl (C=O) groups is 4. The number of likely N-dealkylation sites (N-methyl/N-ethyl adjacent to an activating group) is 1. The number of hydrogen-bond donors (Lipinski definition) is 6. The molecule has 5 rings (SSSR count). The van der Waals surface area contributed by atoms with Gasteiger partial charge in [-0.2, -0.15) is 0 Å². The summed E-state index contributed by atoms with van der Waals surface area (Å²) in [6.45, 7) is 3.47. The minimum atomic E-state index is -2.27. The largest absolute Gasteiger partial charge is 0.497 e. The fourth-order valence-corrected chi connectivity index (χ4v) is 5.21. The Balaban J connectivity index is 0.000000592. The number of rotatable bonds is 14. The normalized spacial score (nSPS) is 12.4. The highest BCUT2D eigenvalue weighted by Gasteiger charge is 2.29. The summed E-state index contributed by atoms with van der Waals surface area (Å²) in [5, 5.41) is 38.6. The van der Waals surface area contributed by atoms with Gasteiger partial charge in [0.2, 0.25) is 0 Å².